The number of nitrogens with two attached hydrogens (primary N) is 1. The Bertz CT molecular complexity index is 648. The van der Waals surface area contributed by atoms with Crippen LogP contribution in [-0.4, -0.2) is 15.7 Å². The van der Waals surface area contributed by atoms with Crippen LogP contribution in [0.5, 0.6) is 5.75 Å². The van der Waals surface area contributed by atoms with Crippen LogP contribution >= 0.6 is 0 Å². The molecule has 0 aliphatic carbocycles. The predicted molar refractivity (Wildman–Crippen MR) is 68.7 cm³/mol. The average molecular weight is 299 g/mol. The SMILES string of the molecule is CCn1ncc(C(=O)Oc2ccc(C(F)(F)F)cc2)c1N. The number of ether oxygens (including phenoxy) is 1. The van der Waals surface area contributed by atoms with Gasteiger partial charge in [-0.2, -0.15) is 18.3 Å². The zero-order valence-electron chi connectivity index (χ0n) is 11.0. The number of hydrogen-bond donors (Lipinski definition) is 1. The molecule has 1 heterocycles. The number of halogens is 3. The van der Waals surface area contributed by atoms with Crippen LogP contribution in [0.25, 0.3) is 0 Å². The fourth-order valence-corrected chi connectivity index (χ4v) is 1.68. The molecule has 5 nitrogen and oxygen atoms in total. The minimum Gasteiger partial charge on any atom is -0.423 e. The molecule has 0 unspecified atom stereocenters. The summed E-state index contributed by atoms with van der Waals surface area (Å²) in [5.41, 5.74) is 4.95. The van der Waals surface area contributed by atoms with E-state index in [-0.39, 0.29) is 17.1 Å². The Morgan fingerprint density at radius 2 is 1.95 bits per heavy atom. The van der Waals surface area contributed by atoms with Gasteiger partial charge in [-0.3, -0.25) is 0 Å². The monoisotopic (exact) mass is 299 g/mol. The van der Waals surface area contributed by atoms with Gasteiger partial charge < -0.3 is 10.5 Å². The maximum Gasteiger partial charge on any atom is 0.416 e. The third-order valence-corrected chi connectivity index (χ3v) is 2.79. The molecule has 21 heavy (non-hydrogen) atoms. The van der Waals surface area contributed by atoms with Gasteiger partial charge in [0.1, 0.15) is 17.1 Å². The van der Waals surface area contributed by atoms with Crippen LogP contribution in [0.15, 0.2) is 30.5 Å². The van der Waals surface area contributed by atoms with Gasteiger partial charge in [0.25, 0.3) is 0 Å². The molecule has 2 N–H and O–H groups in total. The van der Waals surface area contributed by atoms with E-state index < -0.39 is 17.7 Å². The largest absolute Gasteiger partial charge is 0.423 e. The number of rotatable bonds is 3. The Kier molecular flexibility index (Phi) is 3.88. The molecule has 1 aromatic carbocycles. The number of alkyl halides is 3. The molecule has 2 rings (SSSR count). The Labute approximate surface area is 118 Å². The van der Waals surface area contributed by atoms with Crippen LogP contribution in [0.1, 0.15) is 22.8 Å². The molecule has 8 heteroatoms. The third-order valence-electron chi connectivity index (χ3n) is 2.79. The van der Waals surface area contributed by atoms with Gasteiger partial charge >= 0.3 is 12.1 Å². The molecule has 0 radical (unpaired) electrons. The van der Waals surface area contributed by atoms with Crippen molar-refractivity contribution in [2.45, 2.75) is 19.6 Å². The molecular weight excluding hydrogens is 287 g/mol. The van der Waals surface area contributed by atoms with E-state index in [0.717, 1.165) is 24.3 Å². The quantitative estimate of drug-likeness (QED) is 0.699. The number of anilines is 1. The molecule has 0 aliphatic heterocycles. The van der Waals surface area contributed by atoms with Crippen molar-refractivity contribution < 1.29 is 22.7 Å². The lowest BCUT2D eigenvalue weighted by molar-refractivity contribution is -0.137. The van der Waals surface area contributed by atoms with Crippen LogP contribution in [0.4, 0.5) is 19.0 Å². The van der Waals surface area contributed by atoms with Crippen molar-refractivity contribution in [3.63, 3.8) is 0 Å². The lowest BCUT2D eigenvalue weighted by atomic mass is 10.2. The topological polar surface area (TPSA) is 70.1 Å². The first-order valence-electron chi connectivity index (χ1n) is 6.03. The molecule has 0 aliphatic rings. The van der Waals surface area contributed by atoms with Crippen LogP contribution in [0.3, 0.4) is 0 Å². The first-order chi connectivity index (χ1) is 9.82. The molecular formula is C13H12F3N3O2. The summed E-state index contributed by atoms with van der Waals surface area (Å²) in [7, 11) is 0. The number of carbonyl (C=O) groups excluding carboxylic acids is 1. The van der Waals surface area contributed by atoms with E-state index in [4.69, 9.17) is 10.5 Å². The zero-order chi connectivity index (χ0) is 15.6. The standard InChI is InChI=1S/C13H12F3N3O2/c1-2-19-11(17)10(7-18-19)12(20)21-9-5-3-8(4-6-9)13(14,15)16/h3-7H,2,17H2,1H3. The highest BCUT2D eigenvalue weighted by atomic mass is 19.4. The number of hydrogen-bond acceptors (Lipinski definition) is 4. The van der Waals surface area contributed by atoms with Crippen molar-refractivity contribution in [2.24, 2.45) is 0 Å². The summed E-state index contributed by atoms with van der Waals surface area (Å²) in [6.07, 6.45) is -3.18. The number of aryl methyl sites for hydroxylation is 1. The van der Waals surface area contributed by atoms with Crippen molar-refractivity contribution in [2.75, 3.05) is 5.73 Å². The Hall–Kier alpha value is -2.51. The van der Waals surface area contributed by atoms with E-state index in [9.17, 15) is 18.0 Å². The second kappa shape index (κ2) is 5.47. The predicted octanol–water partition coefficient (Wildman–Crippen LogP) is 2.72. The minimum atomic E-state index is -4.44. The normalized spacial score (nSPS) is 11.4. The van der Waals surface area contributed by atoms with E-state index in [1.807, 2.05) is 0 Å². The number of carbonyl (C=O) groups is 1. The van der Waals surface area contributed by atoms with Gasteiger partial charge in [0, 0.05) is 6.54 Å². The molecule has 0 amide bonds. The summed E-state index contributed by atoms with van der Waals surface area (Å²) in [6, 6.07) is 3.81. The second-order valence-electron chi connectivity index (χ2n) is 4.17. The smallest absolute Gasteiger partial charge is 0.416 e. The summed E-state index contributed by atoms with van der Waals surface area (Å²) < 4.78 is 43.6. The number of esters is 1. The van der Waals surface area contributed by atoms with Crippen molar-refractivity contribution >= 4 is 11.8 Å². The van der Waals surface area contributed by atoms with Gasteiger partial charge in [-0.15, -0.1) is 0 Å². The molecule has 112 valence electrons. The summed E-state index contributed by atoms with van der Waals surface area (Å²) in [4.78, 5) is 11.9. The molecule has 0 bridgehead atoms. The first-order valence-corrected chi connectivity index (χ1v) is 6.03. The summed E-state index contributed by atoms with van der Waals surface area (Å²) >= 11 is 0. The van der Waals surface area contributed by atoms with Gasteiger partial charge in [0.05, 0.1) is 11.8 Å². The van der Waals surface area contributed by atoms with Gasteiger partial charge in [0.2, 0.25) is 0 Å². The Balaban J connectivity index is 2.14. The Morgan fingerprint density at radius 1 is 1.33 bits per heavy atom. The second-order valence-corrected chi connectivity index (χ2v) is 4.17. The fraction of sp³-hybridized carbons (Fsp3) is 0.231. The van der Waals surface area contributed by atoms with Gasteiger partial charge in [0.15, 0.2) is 0 Å². The van der Waals surface area contributed by atoms with Crippen LogP contribution in [0.2, 0.25) is 0 Å². The van der Waals surface area contributed by atoms with Crippen LogP contribution in [-0.2, 0) is 12.7 Å². The van der Waals surface area contributed by atoms with E-state index in [1.54, 1.807) is 6.92 Å². The summed E-state index contributed by atoms with van der Waals surface area (Å²) in [6.45, 7) is 2.29. The number of benzene rings is 1. The molecule has 2 aromatic rings. The van der Waals surface area contributed by atoms with Gasteiger partial charge in [-0.25, -0.2) is 9.48 Å². The molecule has 0 fully saturated rings. The fourth-order valence-electron chi connectivity index (χ4n) is 1.68. The van der Waals surface area contributed by atoms with Crippen molar-refractivity contribution in [1.29, 1.82) is 0 Å². The lowest BCUT2D eigenvalue weighted by Gasteiger charge is -2.08. The van der Waals surface area contributed by atoms with Crippen LogP contribution in [0, 0.1) is 0 Å². The highest BCUT2D eigenvalue weighted by Gasteiger charge is 2.30. The lowest BCUT2D eigenvalue weighted by Crippen LogP contribution is -2.12. The molecule has 0 saturated carbocycles. The van der Waals surface area contributed by atoms with E-state index >= 15 is 0 Å². The zero-order valence-corrected chi connectivity index (χ0v) is 11.0. The molecule has 0 atom stereocenters. The number of nitrogens with zero attached hydrogens (tertiary/aromatic N) is 2. The van der Waals surface area contributed by atoms with Crippen molar-refractivity contribution in [1.82, 2.24) is 9.78 Å². The van der Waals surface area contributed by atoms with Crippen molar-refractivity contribution in [3.8, 4) is 5.75 Å². The first kappa shape index (κ1) is 14.9. The number of aromatic nitrogens is 2. The van der Waals surface area contributed by atoms with Crippen LogP contribution < -0.4 is 10.5 Å². The third kappa shape index (κ3) is 3.15. The molecule has 0 saturated heterocycles. The van der Waals surface area contributed by atoms with E-state index in [0.29, 0.717) is 6.54 Å². The minimum absolute atomic E-state index is 0.00310. The average Bonchev–Trinajstić information content (AvgIpc) is 2.79. The van der Waals surface area contributed by atoms with Crippen molar-refractivity contribution in [3.05, 3.63) is 41.6 Å². The Morgan fingerprint density at radius 3 is 2.43 bits per heavy atom. The van der Waals surface area contributed by atoms with Gasteiger partial charge in [-0.05, 0) is 31.2 Å². The summed E-state index contributed by atoms with van der Waals surface area (Å²) in [5, 5.41) is 3.89. The highest BCUT2D eigenvalue weighted by molar-refractivity contribution is 5.95. The highest BCUT2D eigenvalue weighted by Crippen LogP contribution is 2.30. The van der Waals surface area contributed by atoms with E-state index in [2.05, 4.69) is 5.10 Å². The summed E-state index contributed by atoms with van der Waals surface area (Å²) in [5.74, 6) is -0.627. The number of nitrogen functional groups attached to an aromatic ring is 1. The van der Waals surface area contributed by atoms with E-state index in [1.165, 1.54) is 10.9 Å². The molecule has 1 aromatic heterocycles. The maximum atomic E-state index is 12.4. The molecule has 0 spiro atoms. The van der Waals surface area contributed by atoms with Gasteiger partial charge in [-0.1, -0.05) is 0 Å². The maximum absolute atomic E-state index is 12.4.